The van der Waals surface area contributed by atoms with E-state index in [1.54, 1.807) is 0 Å². The summed E-state index contributed by atoms with van der Waals surface area (Å²) in [6, 6.07) is 0. The van der Waals surface area contributed by atoms with Crippen LogP contribution < -0.4 is 20.4 Å². The Morgan fingerprint density at radius 1 is 0.448 bits per heavy atom. The van der Waals surface area contributed by atoms with Gasteiger partial charge >= 0.3 is 27.3 Å². The summed E-state index contributed by atoms with van der Waals surface area (Å²) in [5.74, 6) is -5.81. The van der Waals surface area contributed by atoms with E-state index in [-0.39, 0.29) is 27.3 Å². The summed E-state index contributed by atoms with van der Waals surface area (Å²) < 4.78 is 0. The van der Waals surface area contributed by atoms with E-state index in [2.05, 4.69) is 0 Å². The number of carboxylic acids is 4. The van der Waals surface area contributed by atoms with Crippen LogP contribution in [0.25, 0.3) is 0 Å². The Labute approximate surface area is 189 Å². The van der Waals surface area contributed by atoms with E-state index < -0.39 is 46.3 Å². The normalized spacial score (nSPS) is 10.9. The maximum Gasteiger partial charge on any atom is 4.00 e. The molecule has 0 heterocycles. The van der Waals surface area contributed by atoms with E-state index in [9.17, 15) is 39.6 Å². The van der Waals surface area contributed by atoms with Gasteiger partial charge < -0.3 is 60.0 Å². The first kappa shape index (κ1) is 38.3. The summed E-state index contributed by atoms with van der Waals surface area (Å²) in [6.45, 7) is 9.24. The second kappa shape index (κ2) is 14.6. The third-order valence-electron chi connectivity index (χ3n) is 2.00. The number of aliphatic hydroxyl groups is 4. The van der Waals surface area contributed by atoms with Crippen LogP contribution in [0.5, 0.6) is 0 Å². The van der Waals surface area contributed by atoms with E-state index in [1.807, 2.05) is 0 Å². The largest absolute Gasteiger partial charge is 4.00 e. The topological polar surface area (TPSA) is 241 Å². The van der Waals surface area contributed by atoms with Crippen LogP contribution in [-0.4, -0.2) is 94.0 Å². The Morgan fingerprint density at radius 2 is 0.483 bits per heavy atom. The number of carbonyl (C=O) groups is 4. The molecule has 0 saturated carbocycles. The van der Waals surface area contributed by atoms with Crippen LogP contribution in [0.2, 0.25) is 0 Å². The maximum absolute atomic E-state index is 9.66. The van der Waals surface area contributed by atoms with E-state index >= 15 is 0 Å². The molecule has 0 spiro atoms. The van der Waals surface area contributed by atoms with Gasteiger partial charge in [-0.05, 0) is 55.4 Å². The summed E-state index contributed by atoms with van der Waals surface area (Å²) in [7, 11) is 0. The first-order chi connectivity index (χ1) is 11.8. The quantitative estimate of drug-likeness (QED) is 0.215. The van der Waals surface area contributed by atoms with Gasteiger partial charge in [-0.15, -0.1) is 0 Å². The fourth-order valence-electron chi connectivity index (χ4n) is 0. The molecular weight excluding hydrogens is 591 g/mol. The first-order valence-corrected chi connectivity index (χ1v) is 7.53. The molecule has 0 aliphatic rings. The molecule has 0 saturated heterocycles. The third-order valence-corrected chi connectivity index (χ3v) is 2.00. The summed E-state index contributed by atoms with van der Waals surface area (Å²) in [6.07, 6.45) is 0. The molecule has 0 fully saturated rings. The minimum atomic E-state index is -1.69. The van der Waals surface area contributed by atoms with Crippen molar-refractivity contribution >= 4 is 51.2 Å². The Hall–Kier alpha value is -1.36. The van der Waals surface area contributed by atoms with Crippen LogP contribution >= 0.6 is 0 Å². The number of carbonyl (C=O) groups excluding carboxylic acids is 4. The molecule has 0 aromatic rings. The van der Waals surface area contributed by atoms with Gasteiger partial charge in [0.25, 0.3) is 0 Å². The summed E-state index contributed by atoms with van der Waals surface area (Å²) in [5.41, 5.74) is -6.78. The molecule has 13 heteroatoms. The van der Waals surface area contributed by atoms with Gasteiger partial charge in [0.1, 0.15) is 0 Å². The molecule has 29 heavy (non-hydrogen) atoms. The molecule has 0 radical (unpaired) electrons. The van der Waals surface area contributed by atoms with Crippen LogP contribution in [-0.2, 0) is 19.2 Å². The molecule has 0 unspecified atom stereocenters. The van der Waals surface area contributed by atoms with Crippen molar-refractivity contribution < 1.29 is 60.0 Å². The summed E-state index contributed by atoms with van der Waals surface area (Å²) in [5, 5.41) is 72.4. The van der Waals surface area contributed by atoms with Crippen molar-refractivity contribution in [3.05, 3.63) is 0 Å². The molecule has 0 aliphatic carbocycles. The van der Waals surface area contributed by atoms with Crippen LogP contribution in [0.3, 0.4) is 0 Å². The van der Waals surface area contributed by atoms with Crippen molar-refractivity contribution in [2.75, 3.05) is 0 Å². The summed E-state index contributed by atoms with van der Waals surface area (Å²) >= 11 is 0. The fourth-order valence-corrected chi connectivity index (χ4v) is 0. The Morgan fingerprint density at radius 3 is 0.483 bits per heavy atom. The van der Waals surface area contributed by atoms with Gasteiger partial charge in [-0.25, -0.2) is 0 Å². The van der Waals surface area contributed by atoms with E-state index in [4.69, 9.17) is 20.4 Å². The molecule has 0 atom stereocenters. The third kappa shape index (κ3) is 31.6. The van der Waals surface area contributed by atoms with Gasteiger partial charge in [0.15, 0.2) is 0 Å². The number of carboxylic acid groups (broad SMARTS) is 4. The molecular formula is C16H28O12Pb. The molecule has 0 bridgehead atoms. The molecule has 4 N–H and O–H groups in total. The Bertz CT molecular complexity index is 420. The Kier molecular flexibility index (Phi) is 19.3. The zero-order chi connectivity index (χ0) is 24.3. The van der Waals surface area contributed by atoms with Gasteiger partial charge in [0.05, 0.1) is 46.3 Å². The van der Waals surface area contributed by atoms with Crippen molar-refractivity contribution in [2.24, 2.45) is 0 Å². The average molecular weight is 620 g/mol. The van der Waals surface area contributed by atoms with Gasteiger partial charge in [-0.3, -0.25) is 0 Å². The number of rotatable bonds is 4. The zero-order valence-electron chi connectivity index (χ0n) is 17.6. The monoisotopic (exact) mass is 620 g/mol. The van der Waals surface area contributed by atoms with E-state index in [0.717, 1.165) is 55.4 Å². The molecule has 0 aliphatic heterocycles. The second-order valence-electron chi connectivity index (χ2n) is 7.39. The number of hydrogen-bond donors (Lipinski definition) is 4. The summed E-state index contributed by atoms with van der Waals surface area (Å²) in [4.78, 5) is 38.6. The van der Waals surface area contributed by atoms with Crippen LogP contribution in [0.15, 0.2) is 0 Å². The predicted octanol–water partition coefficient (Wildman–Crippen LogP) is -6.35. The molecule has 0 rings (SSSR count). The van der Waals surface area contributed by atoms with Gasteiger partial charge in [-0.1, -0.05) is 0 Å². The van der Waals surface area contributed by atoms with Crippen molar-refractivity contribution in [1.29, 1.82) is 0 Å². The number of hydrogen-bond acceptors (Lipinski definition) is 12. The maximum atomic E-state index is 9.66. The van der Waals surface area contributed by atoms with Gasteiger partial charge in [-0.2, -0.15) is 0 Å². The molecule has 168 valence electrons. The molecule has 0 aromatic heterocycles. The first-order valence-electron chi connectivity index (χ1n) is 7.53. The smallest absolute Gasteiger partial charge is 0.547 e. The molecule has 0 aromatic carbocycles. The van der Waals surface area contributed by atoms with E-state index in [0.29, 0.717) is 0 Å². The fraction of sp³-hybridized carbons (Fsp3) is 0.750. The second-order valence-corrected chi connectivity index (χ2v) is 7.39. The average Bonchev–Trinajstić information content (AvgIpc) is 2.35. The van der Waals surface area contributed by atoms with Crippen molar-refractivity contribution in [1.82, 2.24) is 0 Å². The molecule has 12 nitrogen and oxygen atoms in total. The van der Waals surface area contributed by atoms with Crippen molar-refractivity contribution in [2.45, 2.75) is 77.8 Å². The van der Waals surface area contributed by atoms with Gasteiger partial charge in [0, 0.05) is 0 Å². The van der Waals surface area contributed by atoms with Crippen LogP contribution in [0.1, 0.15) is 55.4 Å². The minimum Gasteiger partial charge on any atom is -0.547 e. The van der Waals surface area contributed by atoms with Crippen molar-refractivity contribution in [3.63, 3.8) is 0 Å². The zero-order valence-corrected chi connectivity index (χ0v) is 21.4. The minimum absolute atomic E-state index is 0. The number of aliphatic carboxylic acids is 4. The Balaban J connectivity index is -0.0000000873. The van der Waals surface area contributed by atoms with Crippen LogP contribution in [0, 0.1) is 0 Å². The van der Waals surface area contributed by atoms with Crippen LogP contribution in [0.4, 0.5) is 0 Å². The van der Waals surface area contributed by atoms with Crippen molar-refractivity contribution in [3.8, 4) is 0 Å². The van der Waals surface area contributed by atoms with Gasteiger partial charge in [0.2, 0.25) is 0 Å². The predicted molar refractivity (Wildman–Crippen MR) is 91.0 cm³/mol. The molecule has 0 amide bonds. The standard InChI is InChI=1S/4C4H8O3.Pb/c4*1-4(2,7)3(5)6;/h4*7H,1-2H3,(H,5,6);/q;;;;+4/p-4. The SMILES string of the molecule is CC(C)(O)C(=O)[O-].CC(C)(O)C(=O)[O-].CC(C)(O)C(=O)[O-].CC(C)(O)C(=O)[O-].[Pb+4]. The van der Waals surface area contributed by atoms with E-state index in [1.165, 1.54) is 0 Å².